The number of carbonyl (C=O) groups is 2. The Hall–Kier alpha value is -3.32. The van der Waals surface area contributed by atoms with Gasteiger partial charge in [-0.2, -0.15) is 0 Å². The molecule has 2 aromatic carbocycles. The van der Waals surface area contributed by atoms with Crippen molar-refractivity contribution in [3.05, 3.63) is 69.1 Å². The molecule has 0 unspecified atom stereocenters. The van der Waals surface area contributed by atoms with Crippen LogP contribution in [0, 0.1) is 13.8 Å². The number of anilines is 1. The van der Waals surface area contributed by atoms with E-state index in [4.69, 9.17) is 16.3 Å². The third-order valence-electron chi connectivity index (χ3n) is 4.73. The molecule has 30 heavy (non-hydrogen) atoms. The highest BCUT2D eigenvalue weighted by Crippen LogP contribution is 2.30. The summed E-state index contributed by atoms with van der Waals surface area (Å²) in [6.45, 7) is 3.16. The van der Waals surface area contributed by atoms with Gasteiger partial charge in [0, 0.05) is 22.2 Å². The molecule has 8 heteroatoms. The molecule has 156 valence electrons. The highest BCUT2D eigenvalue weighted by atomic mass is 35.5. The maximum atomic E-state index is 12.7. The summed E-state index contributed by atoms with van der Waals surface area (Å²) in [6, 6.07) is 12.4. The molecule has 3 rings (SSSR count). The Morgan fingerprint density at radius 3 is 2.57 bits per heavy atom. The van der Waals surface area contributed by atoms with Crippen molar-refractivity contribution in [1.82, 2.24) is 9.88 Å². The van der Waals surface area contributed by atoms with Crippen molar-refractivity contribution in [3.8, 4) is 5.75 Å². The average Bonchev–Trinajstić information content (AvgIpc) is 2.72. The molecule has 3 aromatic rings. The average molecular weight is 428 g/mol. The summed E-state index contributed by atoms with van der Waals surface area (Å²) in [5, 5.41) is 7.12. The van der Waals surface area contributed by atoms with Crippen LogP contribution in [-0.4, -0.2) is 30.0 Å². The number of halogens is 1. The number of hydrogen-bond acceptors (Lipinski definition) is 4. The molecule has 0 fully saturated rings. The number of methoxy groups -OCH3 is 1. The fourth-order valence-electron chi connectivity index (χ4n) is 3.13. The topological polar surface area (TPSA) is 89.4 Å². The van der Waals surface area contributed by atoms with Gasteiger partial charge in [0.1, 0.15) is 12.3 Å². The quantitative estimate of drug-likeness (QED) is 0.632. The van der Waals surface area contributed by atoms with Crippen molar-refractivity contribution >= 4 is 39.9 Å². The number of carbonyl (C=O) groups excluding carboxylic acids is 2. The van der Waals surface area contributed by atoms with Crippen molar-refractivity contribution in [3.63, 3.8) is 0 Å². The SMILES string of the molecule is COc1cc(Cl)c(C)cc1NC(=O)CNC(=O)Cn1c(C)cc2ccccc2c1=O. The monoisotopic (exact) mass is 427 g/mol. The molecular formula is C22H22ClN3O4. The number of fused-ring (bicyclic) bond motifs is 1. The van der Waals surface area contributed by atoms with Crippen molar-refractivity contribution in [2.45, 2.75) is 20.4 Å². The first-order valence-corrected chi connectivity index (χ1v) is 9.68. The second-order valence-electron chi connectivity index (χ2n) is 6.89. The molecule has 2 amide bonds. The lowest BCUT2D eigenvalue weighted by atomic mass is 10.1. The van der Waals surface area contributed by atoms with E-state index in [0.717, 1.165) is 10.9 Å². The van der Waals surface area contributed by atoms with Gasteiger partial charge in [-0.25, -0.2) is 0 Å². The lowest BCUT2D eigenvalue weighted by molar-refractivity contribution is -0.124. The summed E-state index contributed by atoms with van der Waals surface area (Å²) in [5.74, 6) is -0.445. The van der Waals surface area contributed by atoms with Crippen LogP contribution in [-0.2, 0) is 16.1 Å². The van der Waals surface area contributed by atoms with E-state index >= 15 is 0 Å². The van der Waals surface area contributed by atoms with E-state index in [1.54, 1.807) is 31.2 Å². The molecule has 0 saturated carbocycles. The minimum absolute atomic E-state index is 0.174. The number of amides is 2. The fraction of sp³-hybridized carbons (Fsp3) is 0.227. The third kappa shape index (κ3) is 4.63. The lowest BCUT2D eigenvalue weighted by Gasteiger charge is -2.14. The molecule has 0 bridgehead atoms. The van der Waals surface area contributed by atoms with Gasteiger partial charge in [0.05, 0.1) is 19.3 Å². The Labute approximate surface area is 178 Å². The first-order chi connectivity index (χ1) is 14.3. The summed E-state index contributed by atoms with van der Waals surface area (Å²) in [5.41, 5.74) is 1.66. The van der Waals surface area contributed by atoms with Crippen molar-refractivity contribution < 1.29 is 14.3 Å². The van der Waals surface area contributed by atoms with Gasteiger partial charge >= 0.3 is 0 Å². The van der Waals surface area contributed by atoms with Crippen molar-refractivity contribution in [1.29, 1.82) is 0 Å². The van der Waals surface area contributed by atoms with Crippen LogP contribution >= 0.6 is 11.6 Å². The van der Waals surface area contributed by atoms with E-state index in [-0.39, 0.29) is 18.6 Å². The highest BCUT2D eigenvalue weighted by molar-refractivity contribution is 6.31. The number of nitrogens with zero attached hydrogens (tertiary/aromatic N) is 1. The fourth-order valence-corrected chi connectivity index (χ4v) is 3.28. The smallest absolute Gasteiger partial charge is 0.259 e. The van der Waals surface area contributed by atoms with Crippen LogP contribution in [0.15, 0.2) is 47.3 Å². The Bertz CT molecular complexity index is 1190. The first kappa shape index (κ1) is 21.4. The molecule has 0 saturated heterocycles. The van der Waals surface area contributed by atoms with Crippen LogP contribution < -0.4 is 20.9 Å². The number of hydrogen-bond donors (Lipinski definition) is 2. The summed E-state index contributed by atoms with van der Waals surface area (Å²) < 4.78 is 6.61. The van der Waals surface area contributed by atoms with E-state index in [1.807, 2.05) is 25.1 Å². The number of pyridine rings is 1. The largest absolute Gasteiger partial charge is 0.495 e. The minimum Gasteiger partial charge on any atom is -0.495 e. The predicted molar refractivity (Wildman–Crippen MR) is 117 cm³/mol. The van der Waals surface area contributed by atoms with Gasteiger partial charge in [0.25, 0.3) is 5.56 Å². The van der Waals surface area contributed by atoms with Gasteiger partial charge in [0.15, 0.2) is 0 Å². The van der Waals surface area contributed by atoms with Gasteiger partial charge in [-0.15, -0.1) is 0 Å². The van der Waals surface area contributed by atoms with Crippen LogP contribution in [0.25, 0.3) is 10.8 Å². The standard InChI is InChI=1S/C22H22ClN3O4/c1-13-8-18(19(30-3)10-17(13)23)25-20(27)11-24-21(28)12-26-14(2)9-15-6-4-5-7-16(15)22(26)29/h4-10H,11-12H2,1-3H3,(H,24,28)(H,25,27). The summed E-state index contributed by atoms with van der Waals surface area (Å²) >= 11 is 6.07. The molecule has 0 aliphatic rings. The van der Waals surface area contributed by atoms with E-state index in [1.165, 1.54) is 11.7 Å². The van der Waals surface area contributed by atoms with E-state index in [0.29, 0.717) is 27.5 Å². The maximum Gasteiger partial charge on any atom is 0.259 e. The lowest BCUT2D eigenvalue weighted by Crippen LogP contribution is -2.37. The number of nitrogens with one attached hydrogen (secondary N) is 2. The number of ether oxygens (including phenoxy) is 1. The molecule has 0 atom stereocenters. The van der Waals surface area contributed by atoms with Crippen LogP contribution in [0.1, 0.15) is 11.3 Å². The van der Waals surface area contributed by atoms with Gasteiger partial charge < -0.3 is 19.9 Å². The number of benzene rings is 2. The summed E-state index contributed by atoms with van der Waals surface area (Å²) in [6.07, 6.45) is 0. The summed E-state index contributed by atoms with van der Waals surface area (Å²) in [7, 11) is 1.47. The normalized spacial score (nSPS) is 10.7. The molecule has 7 nitrogen and oxygen atoms in total. The number of aryl methyl sites for hydroxylation is 2. The zero-order valence-electron chi connectivity index (χ0n) is 16.9. The van der Waals surface area contributed by atoms with Crippen molar-refractivity contribution in [2.24, 2.45) is 0 Å². The Morgan fingerprint density at radius 2 is 1.83 bits per heavy atom. The second-order valence-corrected chi connectivity index (χ2v) is 7.30. The predicted octanol–water partition coefficient (Wildman–Crippen LogP) is 3.04. The number of rotatable bonds is 6. The van der Waals surface area contributed by atoms with Crippen LogP contribution in [0.3, 0.4) is 0 Å². The van der Waals surface area contributed by atoms with Gasteiger partial charge in [0.2, 0.25) is 11.8 Å². The van der Waals surface area contributed by atoms with Crippen LogP contribution in [0.2, 0.25) is 5.02 Å². The molecule has 0 aliphatic heterocycles. The van der Waals surface area contributed by atoms with E-state index < -0.39 is 11.8 Å². The summed E-state index contributed by atoms with van der Waals surface area (Å²) in [4.78, 5) is 37.3. The molecule has 0 radical (unpaired) electrons. The van der Waals surface area contributed by atoms with Crippen LogP contribution in [0.5, 0.6) is 5.75 Å². The molecule has 2 N–H and O–H groups in total. The molecule has 0 spiro atoms. The Morgan fingerprint density at radius 1 is 1.10 bits per heavy atom. The Kier molecular flexibility index (Phi) is 6.42. The van der Waals surface area contributed by atoms with E-state index in [2.05, 4.69) is 10.6 Å². The minimum atomic E-state index is -0.440. The number of aromatic nitrogens is 1. The third-order valence-corrected chi connectivity index (χ3v) is 5.14. The zero-order valence-corrected chi connectivity index (χ0v) is 17.7. The molecular weight excluding hydrogens is 406 g/mol. The van der Waals surface area contributed by atoms with Crippen molar-refractivity contribution in [2.75, 3.05) is 19.0 Å². The second kappa shape index (κ2) is 9.00. The maximum absolute atomic E-state index is 12.7. The van der Waals surface area contributed by atoms with Crippen LogP contribution in [0.4, 0.5) is 5.69 Å². The van der Waals surface area contributed by atoms with E-state index in [9.17, 15) is 14.4 Å². The molecule has 0 aliphatic carbocycles. The zero-order chi connectivity index (χ0) is 21.8. The molecule has 1 heterocycles. The first-order valence-electron chi connectivity index (χ1n) is 9.30. The van der Waals surface area contributed by atoms with Gasteiger partial charge in [-0.3, -0.25) is 14.4 Å². The highest BCUT2D eigenvalue weighted by Gasteiger charge is 2.13. The van der Waals surface area contributed by atoms with Gasteiger partial charge in [-0.1, -0.05) is 29.8 Å². The molecule has 1 aromatic heterocycles. The van der Waals surface area contributed by atoms with Gasteiger partial charge in [-0.05, 0) is 43.0 Å². The Balaban J connectivity index is 1.66.